The highest BCUT2D eigenvalue weighted by atomic mass is 16.5. The summed E-state index contributed by atoms with van der Waals surface area (Å²) in [4.78, 5) is 12.8. The average molecular weight is 171 g/mol. The molecule has 1 saturated heterocycles. The minimum Gasteiger partial charge on any atom is -0.479 e. The minimum absolute atomic E-state index is 0.563. The number of hydrogen-bond acceptors (Lipinski definition) is 3. The van der Waals surface area contributed by atoms with Crippen LogP contribution in [0, 0.1) is 0 Å². The van der Waals surface area contributed by atoms with Crippen molar-refractivity contribution in [3.63, 3.8) is 0 Å². The Labute approximate surface area is 71.1 Å². The monoisotopic (exact) mass is 171 g/mol. The van der Waals surface area contributed by atoms with Crippen molar-refractivity contribution >= 4 is 5.97 Å². The molecule has 68 valence electrons. The van der Waals surface area contributed by atoms with E-state index < -0.39 is 12.1 Å². The maximum atomic E-state index is 10.6. The number of rotatable bonds is 2. The predicted octanol–water partition coefficient (Wildman–Crippen LogP) is -0.0658. The van der Waals surface area contributed by atoms with Crippen LogP contribution in [0.1, 0.15) is 12.8 Å². The smallest absolute Gasteiger partial charge is 0.334 e. The summed E-state index contributed by atoms with van der Waals surface area (Å²) in [6.45, 7) is 2.03. The lowest BCUT2D eigenvalue weighted by Crippen LogP contribution is -2.46. The molecule has 1 N–H and O–H groups in total. The summed E-state index contributed by atoms with van der Waals surface area (Å²) in [7, 11) is 0. The van der Waals surface area contributed by atoms with Crippen LogP contribution < -0.4 is 0 Å². The first-order chi connectivity index (χ1) is 5.77. The Balaban J connectivity index is 1.89. The van der Waals surface area contributed by atoms with Gasteiger partial charge >= 0.3 is 5.97 Å². The number of carbonyl (C=O) groups is 1. The molecule has 0 aromatic carbocycles. The molecule has 1 aliphatic carbocycles. The van der Waals surface area contributed by atoms with E-state index in [4.69, 9.17) is 9.84 Å². The predicted molar refractivity (Wildman–Crippen MR) is 42.0 cm³/mol. The Morgan fingerprint density at radius 3 is 2.83 bits per heavy atom. The van der Waals surface area contributed by atoms with Gasteiger partial charge in [0, 0.05) is 19.1 Å². The van der Waals surface area contributed by atoms with Gasteiger partial charge in [-0.05, 0) is 12.8 Å². The highest BCUT2D eigenvalue weighted by Crippen LogP contribution is 2.28. The van der Waals surface area contributed by atoms with Gasteiger partial charge in [-0.25, -0.2) is 4.79 Å². The number of carboxylic acids is 1. The van der Waals surface area contributed by atoms with Gasteiger partial charge in [0.2, 0.25) is 0 Å². The molecule has 12 heavy (non-hydrogen) atoms. The van der Waals surface area contributed by atoms with Gasteiger partial charge in [0.25, 0.3) is 0 Å². The molecule has 0 amide bonds. The van der Waals surface area contributed by atoms with Crippen molar-refractivity contribution in [2.45, 2.75) is 25.0 Å². The van der Waals surface area contributed by atoms with Crippen molar-refractivity contribution in [1.29, 1.82) is 0 Å². The third-order valence-corrected chi connectivity index (χ3v) is 2.44. The molecule has 1 heterocycles. The summed E-state index contributed by atoms with van der Waals surface area (Å²) < 4.78 is 5.11. The van der Waals surface area contributed by atoms with Crippen LogP contribution in [0.15, 0.2) is 0 Å². The van der Waals surface area contributed by atoms with Gasteiger partial charge in [-0.1, -0.05) is 0 Å². The molecule has 0 bridgehead atoms. The molecule has 2 aliphatic rings. The Morgan fingerprint density at radius 1 is 1.50 bits per heavy atom. The highest BCUT2D eigenvalue weighted by Gasteiger charge is 2.35. The summed E-state index contributed by atoms with van der Waals surface area (Å²) in [6, 6.07) is 0.649. The van der Waals surface area contributed by atoms with E-state index in [1.54, 1.807) is 0 Å². The Hall–Kier alpha value is -0.610. The molecule has 1 unspecified atom stereocenters. The largest absolute Gasteiger partial charge is 0.479 e. The van der Waals surface area contributed by atoms with Crippen molar-refractivity contribution in [3.8, 4) is 0 Å². The lowest BCUT2D eigenvalue weighted by atomic mass is 10.2. The quantitative estimate of drug-likeness (QED) is 0.632. The van der Waals surface area contributed by atoms with E-state index in [1.807, 2.05) is 0 Å². The third-order valence-electron chi connectivity index (χ3n) is 2.44. The lowest BCUT2D eigenvalue weighted by molar-refractivity contribution is -0.156. The number of aliphatic carboxylic acids is 1. The molecule has 0 aromatic rings. The van der Waals surface area contributed by atoms with E-state index in [-0.39, 0.29) is 0 Å². The van der Waals surface area contributed by atoms with Crippen LogP contribution in [-0.4, -0.2) is 47.8 Å². The van der Waals surface area contributed by atoms with Crippen LogP contribution >= 0.6 is 0 Å². The molecule has 1 saturated carbocycles. The molecule has 0 spiro atoms. The molecule has 4 nitrogen and oxygen atoms in total. The number of hydrogen-bond donors (Lipinski definition) is 1. The lowest BCUT2D eigenvalue weighted by Gasteiger charge is -2.30. The summed E-state index contributed by atoms with van der Waals surface area (Å²) in [5, 5.41) is 8.71. The molecule has 4 heteroatoms. The van der Waals surface area contributed by atoms with E-state index >= 15 is 0 Å². The summed E-state index contributed by atoms with van der Waals surface area (Å²) in [5.41, 5.74) is 0. The summed E-state index contributed by atoms with van der Waals surface area (Å²) in [5.74, 6) is -0.833. The van der Waals surface area contributed by atoms with Crippen molar-refractivity contribution < 1.29 is 14.6 Å². The SMILES string of the molecule is O=C(O)C1CN(C2CC2)CCO1. The van der Waals surface area contributed by atoms with E-state index in [0.29, 0.717) is 19.2 Å². The Kier molecular flexibility index (Phi) is 2.02. The van der Waals surface area contributed by atoms with Crippen molar-refractivity contribution in [1.82, 2.24) is 4.90 Å². The van der Waals surface area contributed by atoms with Crippen molar-refractivity contribution in [2.24, 2.45) is 0 Å². The second-order valence-electron chi connectivity index (χ2n) is 3.42. The topological polar surface area (TPSA) is 49.8 Å². The van der Waals surface area contributed by atoms with Crippen molar-refractivity contribution in [3.05, 3.63) is 0 Å². The zero-order valence-electron chi connectivity index (χ0n) is 6.90. The molecular formula is C8H13NO3. The van der Waals surface area contributed by atoms with Gasteiger partial charge in [0.1, 0.15) is 0 Å². The molecule has 1 atom stereocenters. The standard InChI is InChI=1S/C8H13NO3/c10-8(11)7-5-9(3-4-12-7)6-1-2-6/h6-7H,1-5H2,(H,10,11). The Morgan fingerprint density at radius 2 is 2.25 bits per heavy atom. The minimum atomic E-state index is -0.833. The molecular weight excluding hydrogens is 158 g/mol. The summed E-state index contributed by atoms with van der Waals surface area (Å²) in [6.07, 6.45) is 1.86. The molecule has 1 aliphatic heterocycles. The van der Waals surface area contributed by atoms with E-state index in [1.165, 1.54) is 12.8 Å². The van der Waals surface area contributed by atoms with Crippen LogP contribution in [0.3, 0.4) is 0 Å². The fourth-order valence-electron chi connectivity index (χ4n) is 1.59. The molecule has 2 fully saturated rings. The van der Waals surface area contributed by atoms with Gasteiger partial charge in [-0.3, -0.25) is 4.90 Å². The molecule has 2 rings (SSSR count). The zero-order valence-corrected chi connectivity index (χ0v) is 6.90. The van der Waals surface area contributed by atoms with E-state index in [9.17, 15) is 4.79 Å². The van der Waals surface area contributed by atoms with Crippen LogP contribution in [0.4, 0.5) is 0 Å². The normalized spacial score (nSPS) is 31.8. The number of ether oxygens (including phenoxy) is 1. The molecule has 0 aromatic heterocycles. The second-order valence-corrected chi connectivity index (χ2v) is 3.42. The van der Waals surface area contributed by atoms with Crippen LogP contribution in [0.5, 0.6) is 0 Å². The fraction of sp³-hybridized carbons (Fsp3) is 0.875. The van der Waals surface area contributed by atoms with Gasteiger partial charge in [0.15, 0.2) is 6.10 Å². The second kappa shape index (κ2) is 3.03. The van der Waals surface area contributed by atoms with Crippen LogP contribution in [0.2, 0.25) is 0 Å². The number of carboxylic acid groups (broad SMARTS) is 1. The maximum Gasteiger partial charge on any atom is 0.334 e. The van der Waals surface area contributed by atoms with Crippen molar-refractivity contribution in [2.75, 3.05) is 19.7 Å². The van der Waals surface area contributed by atoms with Crippen LogP contribution in [0.25, 0.3) is 0 Å². The third kappa shape index (κ3) is 1.59. The van der Waals surface area contributed by atoms with E-state index in [0.717, 1.165) is 6.54 Å². The first-order valence-corrected chi connectivity index (χ1v) is 4.36. The zero-order chi connectivity index (χ0) is 8.55. The van der Waals surface area contributed by atoms with Crippen LogP contribution in [-0.2, 0) is 9.53 Å². The Bertz CT molecular complexity index is 191. The average Bonchev–Trinajstić information content (AvgIpc) is 2.87. The number of nitrogens with zero attached hydrogens (tertiary/aromatic N) is 1. The van der Waals surface area contributed by atoms with E-state index in [2.05, 4.69) is 4.90 Å². The fourth-order valence-corrected chi connectivity index (χ4v) is 1.59. The van der Waals surface area contributed by atoms with Gasteiger partial charge in [-0.2, -0.15) is 0 Å². The summed E-state index contributed by atoms with van der Waals surface area (Å²) >= 11 is 0. The molecule has 0 radical (unpaired) electrons. The number of morpholine rings is 1. The first-order valence-electron chi connectivity index (χ1n) is 4.36. The van der Waals surface area contributed by atoms with Gasteiger partial charge < -0.3 is 9.84 Å². The first kappa shape index (κ1) is 8.01. The van der Waals surface area contributed by atoms with Gasteiger partial charge in [0.05, 0.1) is 6.61 Å². The maximum absolute atomic E-state index is 10.6. The highest BCUT2D eigenvalue weighted by molar-refractivity contribution is 5.72. The van der Waals surface area contributed by atoms with Gasteiger partial charge in [-0.15, -0.1) is 0 Å².